The van der Waals surface area contributed by atoms with Crippen LogP contribution in [0.3, 0.4) is 0 Å². The Morgan fingerprint density at radius 1 is 0.294 bits per heavy atom. The van der Waals surface area contributed by atoms with Crippen molar-refractivity contribution in [3.8, 4) is 56.2 Å². The maximum atomic E-state index is 6.27. The van der Waals surface area contributed by atoms with Crippen molar-refractivity contribution in [2.75, 3.05) is 0 Å². The smallest absolute Gasteiger partial charge is 0.135 e. The van der Waals surface area contributed by atoms with Gasteiger partial charge >= 0.3 is 0 Å². The molecule has 0 bridgehead atoms. The average Bonchev–Trinajstić information content (AvgIpc) is 4.04. The van der Waals surface area contributed by atoms with Crippen molar-refractivity contribution < 1.29 is 4.74 Å². The largest absolute Gasteiger partial charge is 0.457 e. The molecule has 0 radical (unpaired) electrons. The van der Waals surface area contributed by atoms with Crippen LogP contribution in [0.1, 0.15) is 19.4 Å². The first-order valence-corrected chi connectivity index (χ1v) is 23.5. The van der Waals surface area contributed by atoms with Crippen LogP contribution < -0.4 is 4.74 Å². The van der Waals surface area contributed by atoms with Crippen molar-refractivity contribution in [2.24, 2.45) is 0 Å². The van der Waals surface area contributed by atoms with Crippen molar-refractivity contribution in [1.82, 2.24) is 13.7 Å². The Bertz CT molecular complexity index is 4130. The molecule has 1 aliphatic rings. The molecule has 0 saturated carbocycles. The molecule has 0 saturated heterocycles. The van der Waals surface area contributed by atoms with Crippen molar-refractivity contribution in [1.29, 1.82) is 0 Å². The first-order chi connectivity index (χ1) is 33.6. The first kappa shape index (κ1) is 39.5. The highest BCUT2D eigenvalue weighted by atomic mass is 16.5. The van der Waals surface area contributed by atoms with Crippen LogP contribution in [0, 0.1) is 0 Å². The van der Waals surface area contributed by atoms with Crippen LogP contribution >= 0.6 is 0 Å². The SMILES string of the molecule is C=C1Oc2ccccc2-c2cc3c4cc(-c5ccc6c(c5)c5cc(-c7ccc8c(c7)c7ccccc7n8-c7ccccc7)ccc5n6-c5ccccc5)ccc4n(-c4ccccc4)c3cc21.CC. The molecule has 0 fully saturated rings. The van der Waals surface area contributed by atoms with Gasteiger partial charge in [-0.25, -0.2) is 0 Å². The standard InChI is InChI=1S/C62H39N3O.C2H6/c1-39-49-38-61-55(37-50(49)48-22-12-14-24-62(48)66-39)54-36-43(28-32-60(54)65(61)46-19-9-4-10-20-46)42-27-31-59-53(35-42)52-34-41(26-30-58(52)64(59)45-17-7-3-8-18-45)40-25-29-57-51(33-40)47-21-11-13-23-56(47)63(57)44-15-5-2-6-16-44;1-2/h2-38H,1H2;1-2H3. The molecule has 0 atom stereocenters. The van der Waals surface area contributed by atoms with Gasteiger partial charge in [0.25, 0.3) is 0 Å². The number of nitrogens with zero attached hydrogens (tertiary/aromatic N) is 3. The van der Waals surface area contributed by atoms with E-state index in [-0.39, 0.29) is 0 Å². The maximum absolute atomic E-state index is 6.27. The molecule has 0 unspecified atom stereocenters. The van der Waals surface area contributed by atoms with Crippen LogP contribution in [0.2, 0.25) is 0 Å². The Hall–Kier alpha value is -8.86. The van der Waals surface area contributed by atoms with Crippen LogP contribution in [-0.2, 0) is 0 Å². The van der Waals surface area contributed by atoms with Gasteiger partial charge in [0.1, 0.15) is 11.5 Å². The lowest BCUT2D eigenvalue weighted by molar-refractivity contribution is 0.514. The average molecular weight is 872 g/mol. The normalized spacial score (nSPS) is 12.1. The Morgan fingerprint density at radius 3 is 1.15 bits per heavy atom. The number of aromatic nitrogens is 3. The predicted octanol–water partition coefficient (Wildman–Crippen LogP) is 17.4. The van der Waals surface area contributed by atoms with Gasteiger partial charge in [-0.1, -0.05) is 136 Å². The van der Waals surface area contributed by atoms with Gasteiger partial charge in [-0.2, -0.15) is 0 Å². The van der Waals surface area contributed by atoms with Gasteiger partial charge in [0.2, 0.25) is 0 Å². The van der Waals surface area contributed by atoms with Gasteiger partial charge in [0.15, 0.2) is 0 Å². The number of hydrogen-bond acceptors (Lipinski definition) is 1. The summed E-state index contributed by atoms with van der Waals surface area (Å²) < 4.78 is 13.4. The third-order valence-electron chi connectivity index (χ3n) is 13.8. The number of para-hydroxylation sites is 5. The van der Waals surface area contributed by atoms with Crippen molar-refractivity contribution in [3.05, 3.63) is 237 Å². The summed E-state index contributed by atoms with van der Waals surface area (Å²) in [5, 5.41) is 7.31. The zero-order valence-electron chi connectivity index (χ0n) is 37.8. The van der Waals surface area contributed by atoms with Gasteiger partial charge < -0.3 is 18.4 Å². The van der Waals surface area contributed by atoms with Crippen LogP contribution in [0.5, 0.6) is 5.75 Å². The van der Waals surface area contributed by atoms with Crippen LogP contribution in [-0.4, -0.2) is 13.7 Å². The molecule has 10 aromatic carbocycles. The summed E-state index contributed by atoms with van der Waals surface area (Å²) >= 11 is 0. The summed E-state index contributed by atoms with van der Waals surface area (Å²) in [6.45, 7) is 8.36. The third kappa shape index (κ3) is 6.01. The molecule has 0 amide bonds. The molecule has 13 aromatic rings. The summed E-state index contributed by atoms with van der Waals surface area (Å²) in [5.41, 5.74) is 18.4. The topological polar surface area (TPSA) is 24.0 Å². The van der Waals surface area contributed by atoms with E-state index >= 15 is 0 Å². The van der Waals surface area contributed by atoms with Crippen LogP contribution in [0.4, 0.5) is 0 Å². The van der Waals surface area contributed by atoms with E-state index in [0.29, 0.717) is 5.76 Å². The van der Waals surface area contributed by atoms with Gasteiger partial charge in [-0.15, -0.1) is 0 Å². The summed E-state index contributed by atoms with van der Waals surface area (Å²) in [4.78, 5) is 0. The fourth-order valence-corrected chi connectivity index (χ4v) is 10.8. The Morgan fingerprint density at radius 2 is 0.662 bits per heavy atom. The van der Waals surface area contributed by atoms with E-state index in [4.69, 9.17) is 4.74 Å². The Balaban J connectivity index is 0.00000226. The molecule has 4 nitrogen and oxygen atoms in total. The number of fused-ring (bicyclic) bond motifs is 12. The second-order valence-corrected chi connectivity index (χ2v) is 17.4. The molecule has 1 aliphatic heterocycles. The molecule has 0 spiro atoms. The number of rotatable bonds is 5. The number of hydrogen-bond donors (Lipinski definition) is 0. The molecule has 68 heavy (non-hydrogen) atoms. The quantitative estimate of drug-likeness (QED) is 0.169. The van der Waals surface area contributed by atoms with Crippen LogP contribution in [0.25, 0.3) is 122 Å². The van der Waals surface area contributed by atoms with E-state index in [0.717, 1.165) is 50.5 Å². The maximum Gasteiger partial charge on any atom is 0.135 e. The van der Waals surface area contributed by atoms with Gasteiger partial charge in [-0.3, -0.25) is 0 Å². The first-order valence-electron chi connectivity index (χ1n) is 23.5. The minimum atomic E-state index is 0.665. The van der Waals surface area contributed by atoms with E-state index in [1.165, 1.54) is 76.6 Å². The summed E-state index contributed by atoms with van der Waals surface area (Å²) in [7, 11) is 0. The minimum absolute atomic E-state index is 0.665. The highest BCUT2D eigenvalue weighted by Gasteiger charge is 2.24. The van der Waals surface area contributed by atoms with Gasteiger partial charge in [-0.05, 0) is 137 Å². The summed E-state index contributed by atoms with van der Waals surface area (Å²) in [6, 6.07) is 81.5. The lowest BCUT2D eigenvalue weighted by Crippen LogP contribution is -2.04. The van der Waals surface area contributed by atoms with Gasteiger partial charge in [0.05, 0.1) is 33.1 Å². The molecular weight excluding hydrogens is 827 g/mol. The minimum Gasteiger partial charge on any atom is -0.457 e. The fraction of sp³-hybridized carbons (Fsp3) is 0.0312. The van der Waals surface area contributed by atoms with Crippen LogP contribution in [0.15, 0.2) is 231 Å². The number of ether oxygens (including phenoxy) is 1. The van der Waals surface area contributed by atoms with Crippen molar-refractivity contribution in [3.63, 3.8) is 0 Å². The Kier molecular flexibility index (Phi) is 9.09. The predicted molar refractivity (Wildman–Crippen MR) is 287 cm³/mol. The zero-order chi connectivity index (χ0) is 45.5. The van der Waals surface area contributed by atoms with E-state index in [2.05, 4.69) is 233 Å². The molecule has 4 heteroatoms. The molecule has 0 N–H and O–H groups in total. The fourth-order valence-electron chi connectivity index (χ4n) is 10.8. The lowest BCUT2D eigenvalue weighted by atomic mass is 9.93. The molecule has 0 aliphatic carbocycles. The molecular formula is C64H45N3O. The Labute approximate surface area is 394 Å². The highest BCUT2D eigenvalue weighted by Crippen LogP contribution is 2.46. The van der Waals surface area contributed by atoms with E-state index < -0.39 is 0 Å². The number of benzene rings is 10. The molecule has 4 heterocycles. The van der Waals surface area contributed by atoms with E-state index in [9.17, 15) is 0 Å². The molecule has 322 valence electrons. The van der Waals surface area contributed by atoms with Crippen molar-refractivity contribution >= 4 is 71.2 Å². The summed E-state index contributed by atoms with van der Waals surface area (Å²) in [6.07, 6.45) is 0. The van der Waals surface area contributed by atoms with Gasteiger partial charge in [0, 0.05) is 60.5 Å². The zero-order valence-corrected chi connectivity index (χ0v) is 37.8. The van der Waals surface area contributed by atoms with E-state index in [1.807, 2.05) is 26.0 Å². The summed E-state index contributed by atoms with van der Waals surface area (Å²) in [5.74, 6) is 1.50. The van der Waals surface area contributed by atoms with E-state index in [1.54, 1.807) is 0 Å². The molecule has 3 aromatic heterocycles. The molecule has 14 rings (SSSR count). The second-order valence-electron chi connectivity index (χ2n) is 17.4. The lowest BCUT2D eigenvalue weighted by Gasteiger charge is -2.22. The van der Waals surface area contributed by atoms with Crippen molar-refractivity contribution in [2.45, 2.75) is 13.8 Å². The second kappa shape index (κ2) is 15.6. The third-order valence-corrected chi connectivity index (χ3v) is 13.8. The highest BCUT2D eigenvalue weighted by molar-refractivity contribution is 6.15. The monoisotopic (exact) mass is 871 g/mol.